The number of aryl methyl sites for hydroxylation is 1. The maximum Gasteiger partial charge on any atom is 0.250 e. The Morgan fingerprint density at radius 3 is 2.86 bits per heavy atom. The maximum absolute atomic E-state index is 11.7. The highest BCUT2D eigenvalue weighted by molar-refractivity contribution is 5.53. The van der Waals surface area contributed by atoms with Crippen LogP contribution in [0.25, 0.3) is 6.08 Å². The third-order valence-electron chi connectivity index (χ3n) is 5.43. The SMILES string of the molecule is C/C(=C\c1ccn(C)c(=O)c1)C1CC1CCC1CCNCC1. The predicted molar refractivity (Wildman–Crippen MR) is 91.8 cm³/mol. The fraction of sp³-hybridized carbons (Fsp3) is 0.632. The molecule has 1 N–H and O–H groups in total. The molecule has 0 aromatic carbocycles. The van der Waals surface area contributed by atoms with E-state index in [1.165, 1.54) is 50.8 Å². The molecule has 0 bridgehead atoms. The number of piperidine rings is 1. The molecule has 2 aliphatic rings. The molecule has 2 fully saturated rings. The van der Waals surface area contributed by atoms with Gasteiger partial charge in [-0.05, 0) is 75.1 Å². The molecular weight excluding hydrogens is 272 g/mol. The van der Waals surface area contributed by atoms with Crippen LogP contribution in [0.3, 0.4) is 0 Å². The van der Waals surface area contributed by atoms with Gasteiger partial charge < -0.3 is 9.88 Å². The van der Waals surface area contributed by atoms with Crippen LogP contribution in [0.2, 0.25) is 0 Å². The first-order valence-corrected chi connectivity index (χ1v) is 8.69. The number of hydrogen-bond acceptors (Lipinski definition) is 2. The Bertz CT molecular complexity index is 596. The number of nitrogens with one attached hydrogen (secondary N) is 1. The van der Waals surface area contributed by atoms with E-state index in [0.29, 0.717) is 0 Å². The molecule has 0 radical (unpaired) electrons. The van der Waals surface area contributed by atoms with E-state index in [-0.39, 0.29) is 5.56 Å². The molecule has 0 spiro atoms. The Kier molecular flexibility index (Phi) is 4.82. The fourth-order valence-electron chi connectivity index (χ4n) is 3.77. The summed E-state index contributed by atoms with van der Waals surface area (Å²) < 4.78 is 1.62. The Hall–Kier alpha value is -1.35. The van der Waals surface area contributed by atoms with Crippen molar-refractivity contribution < 1.29 is 0 Å². The molecule has 2 heterocycles. The summed E-state index contributed by atoms with van der Waals surface area (Å²) in [5.74, 6) is 2.59. The summed E-state index contributed by atoms with van der Waals surface area (Å²) in [6.07, 6.45) is 10.9. The van der Waals surface area contributed by atoms with Crippen LogP contribution in [0, 0.1) is 17.8 Å². The summed E-state index contributed by atoms with van der Waals surface area (Å²) >= 11 is 0. The molecular formula is C19H28N2O. The molecule has 2 unspecified atom stereocenters. The summed E-state index contributed by atoms with van der Waals surface area (Å²) in [5, 5.41) is 3.44. The summed E-state index contributed by atoms with van der Waals surface area (Å²) in [6.45, 7) is 4.65. The number of aromatic nitrogens is 1. The number of rotatable bonds is 5. The number of nitrogens with zero attached hydrogens (tertiary/aromatic N) is 1. The van der Waals surface area contributed by atoms with E-state index in [9.17, 15) is 4.79 Å². The van der Waals surface area contributed by atoms with Gasteiger partial charge in [-0.2, -0.15) is 0 Å². The van der Waals surface area contributed by atoms with Crippen molar-refractivity contribution >= 4 is 6.08 Å². The van der Waals surface area contributed by atoms with Gasteiger partial charge in [-0.15, -0.1) is 0 Å². The van der Waals surface area contributed by atoms with E-state index in [4.69, 9.17) is 0 Å². The summed E-state index contributed by atoms with van der Waals surface area (Å²) in [5.41, 5.74) is 2.56. The van der Waals surface area contributed by atoms with Crippen LogP contribution >= 0.6 is 0 Å². The van der Waals surface area contributed by atoms with Gasteiger partial charge in [-0.3, -0.25) is 4.79 Å². The second-order valence-electron chi connectivity index (χ2n) is 7.17. The zero-order valence-electron chi connectivity index (χ0n) is 13.8. The van der Waals surface area contributed by atoms with Crippen molar-refractivity contribution in [1.29, 1.82) is 0 Å². The predicted octanol–water partition coefficient (Wildman–Crippen LogP) is 3.20. The zero-order chi connectivity index (χ0) is 15.5. The molecule has 1 saturated heterocycles. The lowest BCUT2D eigenvalue weighted by Gasteiger charge is -2.22. The minimum Gasteiger partial charge on any atom is -0.319 e. The smallest absolute Gasteiger partial charge is 0.250 e. The third-order valence-corrected chi connectivity index (χ3v) is 5.43. The Morgan fingerprint density at radius 1 is 1.36 bits per heavy atom. The van der Waals surface area contributed by atoms with Crippen molar-refractivity contribution in [3.63, 3.8) is 0 Å². The number of pyridine rings is 1. The molecule has 1 aromatic rings. The first-order valence-electron chi connectivity index (χ1n) is 8.69. The molecule has 1 aromatic heterocycles. The Labute approximate surface area is 133 Å². The zero-order valence-corrected chi connectivity index (χ0v) is 13.8. The molecule has 120 valence electrons. The number of hydrogen-bond donors (Lipinski definition) is 1. The van der Waals surface area contributed by atoms with Gasteiger partial charge >= 0.3 is 0 Å². The molecule has 1 saturated carbocycles. The second-order valence-corrected chi connectivity index (χ2v) is 7.17. The van der Waals surface area contributed by atoms with Gasteiger partial charge in [-0.1, -0.05) is 18.1 Å². The van der Waals surface area contributed by atoms with Gasteiger partial charge in [0.25, 0.3) is 5.56 Å². The average molecular weight is 300 g/mol. The van der Waals surface area contributed by atoms with Crippen LogP contribution in [-0.4, -0.2) is 17.7 Å². The molecule has 3 nitrogen and oxygen atoms in total. The molecule has 3 rings (SSSR count). The Morgan fingerprint density at radius 2 is 2.14 bits per heavy atom. The van der Waals surface area contributed by atoms with Crippen LogP contribution < -0.4 is 10.9 Å². The molecule has 22 heavy (non-hydrogen) atoms. The van der Waals surface area contributed by atoms with Crippen LogP contribution in [0.15, 0.2) is 28.7 Å². The van der Waals surface area contributed by atoms with Gasteiger partial charge in [-0.25, -0.2) is 0 Å². The van der Waals surface area contributed by atoms with E-state index in [2.05, 4.69) is 18.3 Å². The topological polar surface area (TPSA) is 34.0 Å². The fourth-order valence-corrected chi connectivity index (χ4v) is 3.77. The molecule has 2 atom stereocenters. The highest BCUT2D eigenvalue weighted by Crippen LogP contribution is 2.48. The average Bonchev–Trinajstić information content (AvgIpc) is 3.30. The van der Waals surface area contributed by atoms with Gasteiger partial charge in [0.1, 0.15) is 0 Å². The van der Waals surface area contributed by atoms with Crippen LogP contribution in [0.5, 0.6) is 0 Å². The molecule has 1 aliphatic heterocycles. The van der Waals surface area contributed by atoms with Gasteiger partial charge in [0.05, 0.1) is 0 Å². The minimum atomic E-state index is 0.0693. The number of allylic oxidation sites excluding steroid dienone is 1. The van der Waals surface area contributed by atoms with Crippen molar-refractivity contribution in [1.82, 2.24) is 9.88 Å². The van der Waals surface area contributed by atoms with Gasteiger partial charge in [0.15, 0.2) is 0 Å². The van der Waals surface area contributed by atoms with Crippen LogP contribution in [0.4, 0.5) is 0 Å². The van der Waals surface area contributed by atoms with Crippen LogP contribution in [0.1, 0.15) is 44.6 Å². The summed E-state index contributed by atoms with van der Waals surface area (Å²) in [4.78, 5) is 11.7. The molecule has 1 aliphatic carbocycles. The van der Waals surface area contributed by atoms with Gasteiger partial charge in [0.2, 0.25) is 0 Å². The lowest BCUT2D eigenvalue weighted by atomic mass is 9.91. The third kappa shape index (κ3) is 3.89. The maximum atomic E-state index is 11.7. The standard InChI is InChI=1S/C19H28N2O/c1-14(11-16-7-10-21(2)19(22)12-16)18-13-17(18)4-3-15-5-8-20-9-6-15/h7,10-12,15,17-18,20H,3-6,8-9,13H2,1-2H3/b14-11+. The van der Waals surface area contributed by atoms with E-state index >= 15 is 0 Å². The quantitative estimate of drug-likeness (QED) is 0.906. The van der Waals surface area contributed by atoms with Crippen molar-refractivity contribution in [2.75, 3.05) is 13.1 Å². The van der Waals surface area contributed by atoms with E-state index in [1.807, 2.05) is 12.3 Å². The second kappa shape index (κ2) is 6.82. The summed E-state index contributed by atoms with van der Waals surface area (Å²) in [6, 6.07) is 3.76. The van der Waals surface area contributed by atoms with E-state index in [1.54, 1.807) is 17.7 Å². The summed E-state index contributed by atoms with van der Waals surface area (Å²) in [7, 11) is 1.79. The molecule has 0 amide bonds. The monoisotopic (exact) mass is 300 g/mol. The van der Waals surface area contributed by atoms with Crippen molar-refractivity contribution in [3.05, 3.63) is 39.8 Å². The lowest BCUT2D eigenvalue weighted by Crippen LogP contribution is -2.27. The van der Waals surface area contributed by atoms with Crippen molar-refractivity contribution in [2.45, 2.75) is 39.0 Å². The normalized spacial score (nSPS) is 26.2. The highest BCUT2D eigenvalue weighted by Gasteiger charge is 2.37. The molecule has 3 heteroatoms. The van der Waals surface area contributed by atoms with E-state index < -0.39 is 0 Å². The Balaban J connectivity index is 1.51. The lowest BCUT2D eigenvalue weighted by molar-refractivity contribution is 0.339. The first kappa shape index (κ1) is 15.5. The largest absolute Gasteiger partial charge is 0.319 e. The highest BCUT2D eigenvalue weighted by atomic mass is 16.1. The van der Waals surface area contributed by atoms with Crippen molar-refractivity contribution in [2.24, 2.45) is 24.8 Å². The van der Waals surface area contributed by atoms with Gasteiger partial charge in [0, 0.05) is 19.3 Å². The minimum absolute atomic E-state index is 0.0693. The van der Waals surface area contributed by atoms with Crippen LogP contribution in [-0.2, 0) is 7.05 Å². The van der Waals surface area contributed by atoms with E-state index in [0.717, 1.165) is 23.3 Å². The van der Waals surface area contributed by atoms with Crippen molar-refractivity contribution in [3.8, 4) is 0 Å². The first-order chi connectivity index (χ1) is 10.6.